The van der Waals surface area contributed by atoms with Crippen LogP contribution < -0.4 is 0 Å². The number of isothiocyanates is 1. The van der Waals surface area contributed by atoms with E-state index >= 15 is 0 Å². The van der Waals surface area contributed by atoms with E-state index in [4.69, 9.17) is 0 Å². The fraction of sp³-hybridized carbons (Fsp3) is 0.462. The summed E-state index contributed by atoms with van der Waals surface area (Å²) in [6.45, 7) is 2.23. The average molecular weight is 219 g/mol. The third kappa shape index (κ3) is 4.37. The summed E-state index contributed by atoms with van der Waals surface area (Å²) in [5.41, 5.74) is 2.26. The number of thiocarbonyl (C=S) groups is 1. The van der Waals surface area contributed by atoms with Crippen LogP contribution in [-0.2, 0) is 6.42 Å². The Kier molecular flexibility index (Phi) is 5.91. The molecule has 0 aliphatic rings. The Morgan fingerprint density at radius 3 is 2.73 bits per heavy atom. The topological polar surface area (TPSA) is 12.4 Å². The maximum Gasteiger partial charge on any atom is 0.0771 e. The normalized spacial score (nSPS) is 9.67. The van der Waals surface area contributed by atoms with Gasteiger partial charge in [0.25, 0.3) is 0 Å². The van der Waals surface area contributed by atoms with Crippen LogP contribution in [-0.4, -0.2) is 5.16 Å². The van der Waals surface area contributed by atoms with Crippen LogP contribution in [0.1, 0.15) is 38.2 Å². The minimum absolute atomic E-state index is 0.976. The lowest BCUT2D eigenvalue weighted by molar-refractivity contribution is 0.667. The van der Waals surface area contributed by atoms with Crippen LogP contribution in [0.25, 0.3) is 0 Å². The molecule has 0 heterocycles. The molecule has 1 aromatic rings. The molecule has 0 atom stereocenters. The predicted molar refractivity (Wildman–Crippen MR) is 69.0 cm³/mol. The molecule has 1 rings (SSSR count). The highest BCUT2D eigenvalue weighted by Gasteiger charge is 1.99. The van der Waals surface area contributed by atoms with Crippen LogP contribution in [0.4, 0.5) is 5.69 Å². The number of hydrogen-bond donors (Lipinski definition) is 0. The number of para-hydroxylation sites is 1. The Balaban J connectivity index is 2.55. The third-order valence-electron chi connectivity index (χ3n) is 2.46. The summed E-state index contributed by atoms with van der Waals surface area (Å²) < 4.78 is 0. The average Bonchev–Trinajstić information content (AvgIpc) is 2.27. The third-order valence-corrected chi connectivity index (χ3v) is 2.55. The fourth-order valence-corrected chi connectivity index (χ4v) is 1.72. The quantitative estimate of drug-likeness (QED) is 0.388. The molecule has 0 aliphatic heterocycles. The van der Waals surface area contributed by atoms with Crippen LogP contribution in [0.15, 0.2) is 29.3 Å². The summed E-state index contributed by atoms with van der Waals surface area (Å²) in [6, 6.07) is 8.16. The molecule has 2 heteroatoms. The van der Waals surface area contributed by atoms with Crippen molar-refractivity contribution in [2.75, 3.05) is 0 Å². The lowest BCUT2D eigenvalue weighted by Crippen LogP contribution is -1.86. The number of aliphatic imine (C=N–C) groups is 1. The second-order valence-corrected chi connectivity index (χ2v) is 3.83. The molecule has 1 aromatic carbocycles. The summed E-state index contributed by atoms with van der Waals surface area (Å²) >= 11 is 4.63. The molecule has 0 aromatic heterocycles. The van der Waals surface area contributed by atoms with E-state index in [0.717, 1.165) is 12.1 Å². The van der Waals surface area contributed by atoms with Crippen molar-refractivity contribution in [3.8, 4) is 0 Å². The van der Waals surface area contributed by atoms with E-state index in [2.05, 4.69) is 41.4 Å². The summed E-state index contributed by atoms with van der Waals surface area (Å²) in [5, 5.41) is 2.43. The summed E-state index contributed by atoms with van der Waals surface area (Å²) in [4.78, 5) is 4.07. The van der Waals surface area contributed by atoms with Gasteiger partial charge in [-0.15, -0.1) is 0 Å². The minimum Gasteiger partial charge on any atom is -0.194 e. The van der Waals surface area contributed by atoms with Crippen molar-refractivity contribution in [2.24, 2.45) is 4.99 Å². The van der Waals surface area contributed by atoms with Gasteiger partial charge in [-0.05, 0) is 36.7 Å². The van der Waals surface area contributed by atoms with Crippen molar-refractivity contribution in [1.82, 2.24) is 0 Å². The van der Waals surface area contributed by atoms with Crippen molar-refractivity contribution < 1.29 is 0 Å². The highest BCUT2D eigenvalue weighted by Crippen LogP contribution is 2.20. The van der Waals surface area contributed by atoms with Gasteiger partial charge >= 0.3 is 0 Å². The Labute approximate surface area is 97.2 Å². The van der Waals surface area contributed by atoms with Crippen molar-refractivity contribution in [1.29, 1.82) is 0 Å². The first-order valence-electron chi connectivity index (χ1n) is 5.54. The zero-order valence-corrected chi connectivity index (χ0v) is 10.0. The molecular weight excluding hydrogens is 202 g/mol. The number of nitrogens with zero attached hydrogens (tertiary/aromatic N) is 1. The Bertz CT molecular complexity index is 340. The van der Waals surface area contributed by atoms with Gasteiger partial charge in [-0.2, -0.15) is 4.99 Å². The number of benzene rings is 1. The molecule has 0 bridgehead atoms. The van der Waals surface area contributed by atoms with Gasteiger partial charge in [-0.1, -0.05) is 44.4 Å². The highest BCUT2D eigenvalue weighted by atomic mass is 32.1. The van der Waals surface area contributed by atoms with Crippen LogP contribution in [0.2, 0.25) is 0 Å². The van der Waals surface area contributed by atoms with Gasteiger partial charge in [0.15, 0.2) is 0 Å². The smallest absolute Gasteiger partial charge is 0.0771 e. The number of aryl methyl sites for hydroxylation is 1. The molecule has 1 nitrogen and oxygen atoms in total. The molecule has 15 heavy (non-hydrogen) atoms. The van der Waals surface area contributed by atoms with Crippen molar-refractivity contribution in [3.05, 3.63) is 29.8 Å². The van der Waals surface area contributed by atoms with Crippen molar-refractivity contribution >= 4 is 23.1 Å². The lowest BCUT2D eigenvalue weighted by atomic mass is 10.0. The minimum atomic E-state index is 0.976. The molecule has 0 saturated heterocycles. The zero-order chi connectivity index (χ0) is 10.9. The van der Waals surface area contributed by atoms with E-state index in [1.54, 1.807) is 0 Å². The maximum atomic E-state index is 4.63. The predicted octanol–water partition coefficient (Wildman–Crippen LogP) is 4.54. The maximum absolute atomic E-state index is 4.63. The summed E-state index contributed by atoms with van der Waals surface area (Å²) in [5.74, 6) is 0. The van der Waals surface area contributed by atoms with Gasteiger partial charge in [0.05, 0.1) is 10.8 Å². The molecular formula is C13H17NS. The Hall–Kier alpha value is -0.980. The fourth-order valence-electron chi connectivity index (χ4n) is 1.62. The molecule has 0 unspecified atom stereocenters. The monoisotopic (exact) mass is 219 g/mol. The van der Waals surface area contributed by atoms with Crippen molar-refractivity contribution in [3.63, 3.8) is 0 Å². The largest absolute Gasteiger partial charge is 0.194 e. The zero-order valence-electron chi connectivity index (χ0n) is 9.20. The van der Waals surface area contributed by atoms with E-state index in [1.165, 1.54) is 31.2 Å². The molecule has 80 valence electrons. The first-order valence-corrected chi connectivity index (χ1v) is 5.95. The van der Waals surface area contributed by atoms with Crippen LogP contribution in [0, 0.1) is 0 Å². The number of unbranched alkanes of at least 4 members (excludes halogenated alkanes) is 3. The highest BCUT2D eigenvalue weighted by molar-refractivity contribution is 7.78. The van der Waals surface area contributed by atoms with Crippen LogP contribution >= 0.6 is 12.2 Å². The standard InChI is InChI=1S/C13H17NS/c1-2-3-4-5-8-12-9-6-7-10-13(12)14-11-15/h6-7,9-10H,2-5,8H2,1H3. The van der Waals surface area contributed by atoms with Gasteiger partial charge < -0.3 is 0 Å². The van der Waals surface area contributed by atoms with Gasteiger partial charge in [-0.3, -0.25) is 0 Å². The Morgan fingerprint density at radius 1 is 1.20 bits per heavy atom. The molecule has 0 spiro atoms. The summed E-state index contributed by atoms with van der Waals surface area (Å²) in [7, 11) is 0. The van der Waals surface area contributed by atoms with Crippen molar-refractivity contribution in [2.45, 2.75) is 39.0 Å². The first kappa shape index (κ1) is 12.1. The second kappa shape index (κ2) is 7.33. The van der Waals surface area contributed by atoms with E-state index in [-0.39, 0.29) is 0 Å². The van der Waals surface area contributed by atoms with Gasteiger partial charge in [0, 0.05) is 0 Å². The van der Waals surface area contributed by atoms with Crippen LogP contribution in [0.5, 0.6) is 0 Å². The van der Waals surface area contributed by atoms with Crippen LogP contribution in [0.3, 0.4) is 0 Å². The van der Waals surface area contributed by atoms with Gasteiger partial charge in [0.2, 0.25) is 0 Å². The molecule has 0 radical (unpaired) electrons. The van der Waals surface area contributed by atoms with E-state index < -0.39 is 0 Å². The molecule has 0 saturated carbocycles. The number of rotatable bonds is 6. The van der Waals surface area contributed by atoms with E-state index in [1.807, 2.05) is 12.1 Å². The first-order chi connectivity index (χ1) is 7.38. The molecule has 0 fully saturated rings. The number of hydrogen-bond acceptors (Lipinski definition) is 2. The second-order valence-electron chi connectivity index (χ2n) is 3.64. The van der Waals surface area contributed by atoms with E-state index in [0.29, 0.717) is 0 Å². The van der Waals surface area contributed by atoms with Gasteiger partial charge in [0.1, 0.15) is 0 Å². The molecule has 0 N–H and O–H groups in total. The SMILES string of the molecule is CCCCCCc1ccccc1N=C=S. The van der Waals surface area contributed by atoms with Gasteiger partial charge in [-0.25, -0.2) is 0 Å². The molecule has 0 aliphatic carbocycles. The summed E-state index contributed by atoms with van der Waals surface area (Å²) in [6.07, 6.45) is 6.22. The lowest BCUT2D eigenvalue weighted by Gasteiger charge is -2.03. The Morgan fingerprint density at radius 2 is 2.00 bits per heavy atom. The van der Waals surface area contributed by atoms with E-state index in [9.17, 15) is 0 Å². The molecule has 0 amide bonds.